The van der Waals surface area contributed by atoms with E-state index in [1.165, 1.54) is 0 Å². The summed E-state index contributed by atoms with van der Waals surface area (Å²) in [7, 11) is 3.33. The Kier molecular flexibility index (Phi) is 8.43. The molecule has 8 heteroatoms. The van der Waals surface area contributed by atoms with E-state index in [1.54, 1.807) is 32.4 Å². The van der Waals surface area contributed by atoms with E-state index in [4.69, 9.17) is 37.4 Å². The van der Waals surface area contributed by atoms with Gasteiger partial charge in [-0.3, -0.25) is 9.69 Å². The predicted octanol–water partition coefficient (Wildman–Crippen LogP) is 4.18. The lowest BCUT2D eigenvalue weighted by atomic mass is 9.92. The van der Waals surface area contributed by atoms with Gasteiger partial charge in [0.1, 0.15) is 23.7 Å². The SMILES string of the molecule is COc1ccccc1CNC(=O)CN1CCC(COc2ccc(Cl)c(Cl)c2)(OC)CC1. The third kappa shape index (κ3) is 6.50. The molecule has 0 aromatic heterocycles. The smallest absolute Gasteiger partial charge is 0.234 e. The Morgan fingerprint density at radius 3 is 2.52 bits per heavy atom. The molecule has 1 amide bonds. The summed E-state index contributed by atoms with van der Waals surface area (Å²) in [4.78, 5) is 14.5. The van der Waals surface area contributed by atoms with Crippen molar-refractivity contribution < 1.29 is 19.0 Å². The molecule has 1 aliphatic heterocycles. The van der Waals surface area contributed by atoms with Gasteiger partial charge in [-0.2, -0.15) is 0 Å². The van der Waals surface area contributed by atoms with E-state index in [0.717, 1.165) is 37.2 Å². The van der Waals surface area contributed by atoms with E-state index >= 15 is 0 Å². The number of ether oxygens (including phenoxy) is 3. The first kappa shape index (κ1) is 23.7. The van der Waals surface area contributed by atoms with Crippen LogP contribution in [0.4, 0.5) is 0 Å². The second-order valence-electron chi connectivity index (χ2n) is 7.62. The van der Waals surface area contributed by atoms with Crippen LogP contribution in [0.2, 0.25) is 10.0 Å². The second kappa shape index (κ2) is 11.0. The van der Waals surface area contributed by atoms with Crippen molar-refractivity contribution >= 4 is 29.1 Å². The van der Waals surface area contributed by atoms with E-state index < -0.39 is 5.60 Å². The molecule has 0 spiro atoms. The lowest BCUT2D eigenvalue weighted by molar-refractivity contribution is -0.125. The molecule has 0 saturated carbocycles. The van der Waals surface area contributed by atoms with E-state index in [1.807, 2.05) is 24.3 Å². The largest absolute Gasteiger partial charge is 0.496 e. The molecule has 1 fully saturated rings. The zero-order chi connectivity index (χ0) is 22.3. The van der Waals surface area contributed by atoms with Gasteiger partial charge in [0.15, 0.2) is 0 Å². The number of carbonyl (C=O) groups excluding carboxylic acids is 1. The molecule has 0 atom stereocenters. The second-order valence-corrected chi connectivity index (χ2v) is 8.43. The van der Waals surface area contributed by atoms with Gasteiger partial charge in [-0.25, -0.2) is 0 Å². The topological polar surface area (TPSA) is 60.0 Å². The van der Waals surface area contributed by atoms with Gasteiger partial charge in [-0.15, -0.1) is 0 Å². The molecule has 1 aliphatic rings. The summed E-state index contributed by atoms with van der Waals surface area (Å²) in [6, 6.07) is 12.9. The van der Waals surface area contributed by atoms with Crippen LogP contribution in [0.5, 0.6) is 11.5 Å². The Balaban J connectivity index is 1.45. The normalized spacial score (nSPS) is 16.0. The van der Waals surface area contributed by atoms with Gasteiger partial charge in [0.2, 0.25) is 5.91 Å². The number of amides is 1. The lowest BCUT2D eigenvalue weighted by Gasteiger charge is -2.40. The highest BCUT2D eigenvalue weighted by molar-refractivity contribution is 6.42. The molecule has 1 heterocycles. The van der Waals surface area contributed by atoms with Crippen molar-refractivity contribution in [3.05, 3.63) is 58.1 Å². The first-order valence-electron chi connectivity index (χ1n) is 10.2. The summed E-state index contributed by atoms with van der Waals surface area (Å²) in [6.45, 7) is 2.70. The molecule has 2 aromatic carbocycles. The maximum absolute atomic E-state index is 12.4. The number of likely N-dealkylation sites (tertiary alicyclic amines) is 1. The average molecular weight is 467 g/mol. The summed E-state index contributed by atoms with van der Waals surface area (Å²) in [5, 5.41) is 3.92. The number of para-hydroxylation sites is 1. The molecule has 0 aliphatic carbocycles. The number of nitrogens with zero attached hydrogens (tertiary/aromatic N) is 1. The van der Waals surface area contributed by atoms with Crippen molar-refractivity contribution in [2.45, 2.75) is 25.0 Å². The fourth-order valence-corrected chi connectivity index (χ4v) is 3.90. The number of piperidine rings is 1. The quantitative estimate of drug-likeness (QED) is 0.600. The highest BCUT2D eigenvalue weighted by Gasteiger charge is 2.36. The van der Waals surface area contributed by atoms with E-state index in [2.05, 4.69) is 10.2 Å². The monoisotopic (exact) mass is 466 g/mol. The van der Waals surface area contributed by atoms with Gasteiger partial charge in [0, 0.05) is 38.4 Å². The Morgan fingerprint density at radius 2 is 1.84 bits per heavy atom. The molecule has 31 heavy (non-hydrogen) atoms. The van der Waals surface area contributed by atoms with E-state index in [-0.39, 0.29) is 5.91 Å². The minimum absolute atomic E-state index is 0.0112. The molecule has 168 valence electrons. The molecule has 1 saturated heterocycles. The zero-order valence-corrected chi connectivity index (χ0v) is 19.3. The number of carbonyl (C=O) groups is 1. The van der Waals surface area contributed by atoms with Crippen LogP contribution in [-0.4, -0.2) is 56.9 Å². The molecule has 2 aromatic rings. The molecule has 3 rings (SSSR count). The molecule has 0 bridgehead atoms. The summed E-state index contributed by atoms with van der Waals surface area (Å²) in [5.41, 5.74) is 0.561. The molecule has 6 nitrogen and oxygen atoms in total. The van der Waals surface area contributed by atoms with Crippen molar-refractivity contribution in [1.29, 1.82) is 0 Å². The van der Waals surface area contributed by atoms with E-state index in [9.17, 15) is 4.79 Å². The number of benzene rings is 2. The van der Waals surface area contributed by atoms with Gasteiger partial charge in [-0.1, -0.05) is 41.4 Å². The van der Waals surface area contributed by atoms with Crippen molar-refractivity contribution in [2.75, 3.05) is 40.5 Å². The number of hydrogen-bond acceptors (Lipinski definition) is 5. The Morgan fingerprint density at radius 1 is 1.10 bits per heavy atom. The highest BCUT2D eigenvalue weighted by Crippen LogP contribution is 2.30. The molecular formula is C23H28Cl2N2O4. The van der Waals surface area contributed by atoms with Crippen molar-refractivity contribution in [1.82, 2.24) is 10.2 Å². The number of nitrogens with one attached hydrogen (secondary N) is 1. The Hall–Kier alpha value is -1.99. The maximum Gasteiger partial charge on any atom is 0.234 e. The van der Waals surface area contributed by atoms with Crippen LogP contribution in [0, 0.1) is 0 Å². The highest BCUT2D eigenvalue weighted by atomic mass is 35.5. The van der Waals surface area contributed by atoms with Crippen LogP contribution in [0.15, 0.2) is 42.5 Å². The summed E-state index contributed by atoms with van der Waals surface area (Å²) < 4.78 is 17.1. The third-order valence-electron chi connectivity index (χ3n) is 5.63. The van der Waals surface area contributed by atoms with Crippen LogP contribution >= 0.6 is 23.2 Å². The fourth-order valence-electron chi connectivity index (χ4n) is 3.61. The maximum atomic E-state index is 12.4. The van der Waals surface area contributed by atoms with Crippen LogP contribution in [0.3, 0.4) is 0 Å². The molecule has 0 unspecified atom stereocenters. The van der Waals surface area contributed by atoms with Gasteiger partial charge >= 0.3 is 0 Å². The minimum Gasteiger partial charge on any atom is -0.496 e. The number of rotatable bonds is 9. The van der Waals surface area contributed by atoms with Crippen LogP contribution < -0.4 is 14.8 Å². The number of hydrogen-bond donors (Lipinski definition) is 1. The Labute approximate surface area is 193 Å². The lowest BCUT2D eigenvalue weighted by Crippen LogP contribution is -2.51. The predicted molar refractivity (Wildman–Crippen MR) is 122 cm³/mol. The third-order valence-corrected chi connectivity index (χ3v) is 6.37. The van der Waals surface area contributed by atoms with Gasteiger partial charge in [0.25, 0.3) is 0 Å². The Bertz CT molecular complexity index is 886. The van der Waals surface area contributed by atoms with Gasteiger partial charge < -0.3 is 19.5 Å². The van der Waals surface area contributed by atoms with Crippen LogP contribution in [0.1, 0.15) is 18.4 Å². The number of halogens is 2. The van der Waals surface area contributed by atoms with Crippen LogP contribution in [-0.2, 0) is 16.1 Å². The standard InChI is InChI=1S/C23H28Cl2N2O4/c1-29-21-6-4-3-5-17(21)14-26-22(28)15-27-11-9-23(30-2,10-12-27)16-31-18-7-8-19(24)20(25)13-18/h3-8,13H,9-12,14-16H2,1-2H3,(H,26,28). The average Bonchev–Trinajstić information content (AvgIpc) is 2.80. The molecule has 0 radical (unpaired) electrons. The van der Waals surface area contributed by atoms with Gasteiger partial charge in [-0.05, 0) is 31.0 Å². The fraction of sp³-hybridized carbons (Fsp3) is 0.435. The van der Waals surface area contributed by atoms with Crippen molar-refractivity contribution in [3.63, 3.8) is 0 Å². The van der Waals surface area contributed by atoms with Gasteiger partial charge in [0.05, 0.1) is 23.7 Å². The number of methoxy groups -OCH3 is 2. The van der Waals surface area contributed by atoms with Crippen molar-refractivity contribution in [2.24, 2.45) is 0 Å². The van der Waals surface area contributed by atoms with Crippen molar-refractivity contribution in [3.8, 4) is 11.5 Å². The zero-order valence-electron chi connectivity index (χ0n) is 17.8. The minimum atomic E-state index is -0.392. The molecule has 1 N–H and O–H groups in total. The summed E-state index contributed by atoms with van der Waals surface area (Å²) >= 11 is 12.0. The first-order chi connectivity index (χ1) is 14.9. The first-order valence-corrected chi connectivity index (χ1v) is 10.9. The summed E-state index contributed by atoms with van der Waals surface area (Å²) in [6.07, 6.45) is 1.54. The van der Waals surface area contributed by atoms with Crippen LogP contribution in [0.25, 0.3) is 0 Å². The summed E-state index contributed by atoms with van der Waals surface area (Å²) in [5.74, 6) is 1.42. The molecular weight excluding hydrogens is 439 g/mol. The van der Waals surface area contributed by atoms with E-state index in [0.29, 0.717) is 35.5 Å².